The third-order valence-corrected chi connectivity index (χ3v) is 2.72. The van der Waals surface area contributed by atoms with Crippen molar-refractivity contribution in [2.45, 2.75) is 20.0 Å². The number of hydrogen-bond donors (Lipinski definition) is 1. The highest BCUT2D eigenvalue weighted by Crippen LogP contribution is 2.10. The first-order chi connectivity index (χ1) is 9.11. The lowest BCUT2D eigenvalue weighted by molar-refractivity contribution is 0.574. The summed E-state index contributed by atoms with van der Waals surface area (Å²) < 4.78 is 27.6. The molecule has 2 rings (SSSR count). The standard InChI is InChI=1S/C13H13F2N3O/c1-2-18-6-5-16-12(13(18)19)17-8-9-3-4-10(14)7-11(9)15/h3-7H,2,8H2,1H3,(H,16,17). The second-order valence-corrected chi connectivity index (χ2v) is 3.96. The zero-order valence-electron chi connectivity index (χ0n) is 10.4. The Morgan fingerprint density at radius 1 is 1.37 bits per heavy atom. The zero-order chi connectivity index (χ0) is 13.8. The summed E-state index contributed by atoms with van der Waals surface area (Å²) in [5.41, 5.74) is 0.00187. The number of halogens is 2. The van der Waals surface area contributed by atoms with E-state index in [0.717, 1.165) is 6.07 Å². The van der Waals surface area contributed by atoms with E-state index in [-0.39, 0.29) is 23.5 Å². The van der Waals surface area contributed by atoms with Gasteiger partial charge in [0.2, 0.25) is 0 Å². The van der Waals surface area contributed by atoms with Gasteiger partial charge >= 0.3 is 0 Å². The summed E-state index contributed by atoms with van der Waals surface area (Å²) in [5.74, 6) is -1.14. The van der Waals surface area contributed by atoms with Crippen LogP contribution in [0.3, 0.4) is 0 Å². The van der Waals surface area contributed by atoms with Crippen molar-refractivity contribution in [3.8, 4) is 0 Å². The average Bonchev–Trinajstić information content (AvgIpc) is 2.39. The first-order valence-corrected chi connectivity index (χ1v) is 5.85. The minimum atomic E-state index is -0.653. The summed E-state index contributed by atoms with van der Waals surface area (Å²) in [4.78, 5) is 15.8. The number of rotatable bonds is 4. The summed E-state index contributed by atoms with van der Waals surface area (Å²) in [5, 5.41) is 2.76. The van der Waals surface area contributed by atoms with E-state index >= 15 is 0 Å². The largest absolute Gasteiger partial charge is 0.361 e. The lowest BCUT2D eigenvalue weighted by Gasteiger charge is -2.08. The molecule has 0 bridgehead atoms. The second kappa shape index (κ2) is 5.60. The molecule has 0 aliphatic heterocycles. The van der Waals surface area contributed by atoms with Crippen LogP contribution in [0, 0.1) is 11.6 Å². The minimum Gasteiger partial charge on any atom is -0.361 e. The lowest BCUT2D eigenvalue weighted by Crippen LogP contribution is -2.23. The Morgan fingerprint density at radius 2 is 2.16 bits per heavy atom. The van der Waals surface area contributed by atoms with Crippen molar-refractivity contribution in [3.05, 3.63) is 58.1 Å². The molecule has 0 spiro atoms. The molecule has 0 unspecified atom stereocenters. The van der Waals surface area contributed by atoms with Gasteiger partial charge in [0.25, 0.3) is 5.56 Å². The number of anilines is 1. The molecule has 0 saturated carbocycles. The predicted octanol–water partition coefficient (Wildman–Crippen LogP) is 2.15. The molecule has 19 heavy (non-hydrogen) atoms. The molecular weight excluding hydrogens is 252 g/mol. The van der Waals surface area contributed by atoms with Crippen LogP contribution in [0.4, 0.5) is 14.6 Å². The van der Waals surface area contributed by atoms with E-state index in [0.29, 0.717) is 6.54 Å². The van der Waals surface area contributed by atoms with Crippen molar-refractivity contribution in [1.82, 2.24) is 9.55 Å². The van der Waals surface area contributed by atoms with Gasteiger partial charge in [-0.1, -0.05) is 6.07 Å². The van der Waals surface area contributed by atoms with E-state index in [9.17, 15) is 13.6 Å². The number of aryl methyl sites for hydroxylation is 1. The molecule has 0 saturated heterocycles. The van der Waals surface area contributed by atoms with Crippen molar-refractivity contribution >= 4 is 5.82 Å². The highest BCUT2D eigenvalue weighted by molar-refractivity contribution is 5.33. The summed E-state index contributed by atoms with van der Waals surface area (Å²) >= 11 is 0. The molecule has 1 aromatic heterocycles. The van der Waals surface area contributed by atoms with E-state index in [2.05, 4.69) is 10.3 Å². The van der Waals surface area contributed by atoms with Crippen molar-refractivity contribution in [3.63, 3.8) is 0 Å². The number of nitrogens with zero attached hydrogens (tertiary/aromatic N) is 2. The average molecular weight is 265 g/mol. The molecule has 6 heteroatoms. The third kappa shape index (κ3) is 2.96. The molecular formula is C13H13F2N3O. The quantitative estimate of drug-likeness (QED) is 0.921. The molecule has 4 nitrogen and oxygen atoms in total. The number of nitrogens with one attached hydrogen (secondary N) is 1. The van der Waals surface area contributed by atoms with Crippen molar-refractivity contribution in [2.75, 3.05) is 5.32 Å². The van der Waals surface area contributed by atoms with Gasteiger partial charge in [-0.15, -0.1) is 0 Å². The molecule has 0 aliphatic carbocycles. The Labute approximate surface area is 108 Å². The van der Waals surface area contributed by atoms with Gasteiger partial charge in [-0.25, -0.2) is 13.8 Å². The van der Waals surface area contributed by atoms with Crippen LogP contribution in [0.15, 0.2) is 35.4 Å². The number of benzene rings is 1. The SMILES string of the molecule is CCn1ccnc(NCc2ccc(F)cc2F)c1=O. The molecule has 0 aliphatic rings. The van der Waals surface area contributed by atoms with Crippen LogP contribution in [0.25, 0.3) is 0 Å². The Balaban J connectivity index is 2.17. The predicted molar refractivity (Wildman–Crippen MR) is 67.9 cm³/mol. The van der Waals surface area contributed by atoms with E-state index in [4.69, 9.17) is 0 Å². The summed E-state index contributed by atoms with van der Waals surface area (Å²) in [6.07, 6.45) is 3.07. The molecule has 1 heterocycles. The molecule has 0 atom stereocenters. The number of aromatic nitrogens is 2. The van der Waals surface area contributed by atoms with Gasteiger partial charge in [0.05, 0.1) is 0 Å². The maximum absolute atomic E-state index is 13.4. The summed E-state index contributed by atoms with van der Waals surface area (Å²) in [6.45, 7) is 2.44. The monoisotopic (exact) mass is 265 g/mol. The molecule has 0 amide bonds. The summed E-state index contributed by atoms with van der Waals surface area (Å²) in [7, 11) is 0. The Morgan fingerprint density at radius 3 is 2.84 bits per heavy atom. The smallest absolute Gasteiger partial charge is 0.293 e. The first kappa shape index (κ1) is 13.2. The Kier molecular flexibility index (Phi) is 3.89. The van der Waals surface area contributed by atoms with E-state index < -0.39 is 11.6 Å². The van der Waals surface area contributed by atoms with Crippen LogP contribution in [0.5, 0.6) is 0 Å². The van der Waals surface area contributed by atoms with Crippen LogP contribution in [0.2, 0.25) is 0 Å². The number of hydrogen-bond acceptors (Lipinski definition) is 3. The molecule has 1 aromatic carbocycles. The highest BCUT2D eigenvalue weighted by atomic mass is 19.1. The normalized spacial score (nSPS) is 10.5. The zero-order valence-corrected chi connectivity index (χ0v) is 10.4. The van der Waals surface area contributed by atoms with Gasteiger partial charge in [0.1, 0.15) is 11.6 Å². The first-order valence-electron chi connectivity index (χ1n) is 5.85. The maximum Gasteiger partial charge on any atom is 0.293 e. The van der Waals surface area contributed by atoms with Gasteiger partial charge < -0.3 is 9.88 Å². The minimum absolute atomic E-state index is 0.0715. The van der Waals surface area contributed by atoms with Crippen molar-refractivity contribution < 1.29 is 8.78 Å². The molecule has 0 radical (unpaired) electrons. The topological polar surface area (TPSA) is 46.9 Å². The van der Waals surface area contributed by atoms with Crippen LogP contribution in [0.1, 0.15) is 12.5 Å². The van der Waals surface area contributed by atoms with E-state index in [1.165, 1.54) is 22.9 Å². The van der Waals surface area contributed by atoms with Crippen molar-refractivity contribution in [2.24, 2.45) is 0 Å². The summed E-state index contributed by atoms with van der Waals surface area (Å²) in [6, 6.07) is 3.31. The van der Waals surface area contributed by atoms with Crippen LogP contribution in [-0.4, -0.2) is 9.55 Å². The lowest BCUT2D eigenvalue weighted by atomic mass is 10.2. The van der Waals surface area contributed by atoms with Crippen molar-refractivity contribution in [1.29, 1.82) is 0 Å². The fourth-order valence-corrected chi connectivity index (χ4v) is 1.66. The molecule has 1 N–H and O–H groups in total. The van der Waals surface area contributed by atoms with Crippen LogP contribution >= 0.6 is 0 Å². The third-order valence-electron chi connectivity index (χ3n) is 2.72. The van der Waals surface area contributed by atoms with Gasteiger partial charge in [-0.2, -0.15) is 0 Å². The fraction of sp³-hybridized carbons (Fsp3) is 0.231. The molecule has 0 fully saturated rings. The van der Waals surface area contributed by atoms with Crippen LogP contribution < -0.4 is 10.9 Å². The van der Waals surface area contributed by atoms with Gasteiger partial charge in [-0.3, -0.25) is 4.79 Å². The molecule has 100 valence electrons. The van der Waals surface area contributed by atoms with Gasteiger partial charge in [-0.05, 0) is 13.0 Å². The Bertz CT molecular complexity index is 640. The van der Waals surface area contributed by atoms with E-state index in [1.807, 2.05) is 6.92 Å². The van der Waals surface area contributed by atoms with Gasteiger partial charge in [0, 0.05) is 37.1 Å². The van der Waals surface area contributed by atoms with Gasteiger partial charge in [0.15, 0.2) is 5.82 Å². The Hall–Kier alpha value is -2.24. The maximum atomic E-state index is 13.4. The second-order valence-electron chi connectivity index (χ2n) is 3.96. The fourth-order valence-electron chi connectivity index (χ4n) is 1.66. The highest BCUT2D eigenvalue weighted by Gasteiger charge is 2.06. The van der Waals surface area contributed by atoms with Crippen LogP contribution in [-0.2, 0) is 13.1 Å². The van der Waals surface area contributed by atoms with E-state index in [1.54, 1.807) is 6.20 Å². The molecule has 2 aromatic rings.